The van der Waals surface area contributed by atoms with Crippen molar-refractivity contribution in [1.82, 2.24) is 10.2 Å². The van der Waals surface area contributed by atoms with E-state index in [4.69, 9.17) is 0 Å². The van der Waals surface area contributed by atoms with E-state index in [1.807, 2.05) is 11.8 Å². The number of aliphatic imine (C=N–C) groups is 1. The Kier molecular flexibility index (Phi) is 2.56. The molecule has 0 aromatic heterocycles. The summed E-state index contributed by atoms with van der Waals surface area (Å²) < 4.78 is 0. The minimum atomic E-state index is 0.510. The van der Waals surface area contributed by atoms with Crippen LogP contribution in [0, 0.1) is 0 Å². The molecular weight excluding hydrogens is 170 g/mol. The Balaban J connectivity index is 1.97. The second-order valence-electron chi connectivity index (χ2n) is 3.24. The number of rotatable bonds is 1. The largest absolute Gasteiger partial charge is 0.360 e. The predicted molar refractivity (Wildman–Crippen MR) is 54.0 cm³/mol. The number of thioether (sulfide) groups is 1. The number of amidine groups is 1. The van der Waals surface area contributed by atoms with Gasteiger partial charge in [0.15, 0.2) is 0 Å². The molecule has 12 heavy (non-hydrogen) atoms. The van der Waals surface area contributed by atoms with E-state index in [2.05, 4.69) is 22.3 Å². The van der Waals surface area contributed by atoms with E-state index in [0.717, 1.165) is 19.6 Å². The molecule has 0 bridgehead atoms. The number of hydrogen-bond donors (Lipinski definition) is 1. The molecule has 2 aliphatic rings. The Morgan fingerprint density at radius 3 is 3.17 bits per heavy atom. The van der Waals surface area contributed by atoms with Gasteiger partial charge in [-0.15, -0.1) is 0 Å². The Morgan fingerprint density at radius 2 is 2.58 bits per heavy atom. The highest BCUT2D eigenvalue weighted by molar-refractivity contribution is 7.99. The van der Waals surface area contributed by atoms with E-state index in [0.29, 0.717) is 6.04 Å². The molecule has 0 amide bonds. The van der Waals surface area contributed by atoms with Gasteiger partial charge in [-0.2, -0.15) is 11.8 Å². The molecule has 3 nitrogen and oxygen atoms in total. The van der Waals surface area contributed by atoms with Crippen molar-refractivity contribution in [3.8, 4) is 0 Å². The lowest BCUT2D eigenvalue weighted by molar-refractivity contribution is 0.519. The maximum atomic E-state index is 4.51. The normalized spacial score (nSPS) is 30.6. The molecule has 0 saturated carbocycles. The van der Waals surface area contributed by atoms with E-state index in [1.165, 1.54) is 17.3 Å². The quantitative estimate of drug-likeness (QED) is 0.625. The van der Waals surface area contributed by atoms with Crippen LogP contribution in [0.4, 0.5) is 0 Å². The predicted octanol–water partition coefficient (Wildman–Crippen LogP) is 0.0353. The standard InChI is InChI=1S/C8H15N3S/c1-11-4-2-10-8(11)7-6-12-5-3-9-7/h7,9H,2-6H2,1H3. The first kappa shape index (κ1) is 8.38. The maximum Gasteiger partial charge on any atom is 0.117 e. The fourth-order valence-electron chi connectivity index (χ4n) is 1.66. The molecule has 0 radical (unpaired) electrons. The third-order valence-electron chi connectivity index (χ3n) is 2.33. The van der Waals surface area contributed by atoms with Gasteiger partial charge in [0.1, 0.15) is 5.84 Å². The fourth-order valence-corrected chi connectivity index (χ4v) is 2.59. The molecular formula is C8H15N3S. The smallest absolute Gasteiger partial charge is 0.117 e. The van der Waals surface area contributed by atoms with Crippen LogP contribution in [0.3, 0.4) is 0 Å². The topological polar surface area (TPSA) is 27.6 Å². The van der Waals surface area contributed by atoms with Gasteiger partial charge < -0.3 is 10.2 Å². The number of nitrogens with one attached hydrogen (secondary N) is 1. The van der Waals surface area contributed by atoms with Crippen molar-refractivity contribution >= 4 is 17.6 Å². The van der Waals surface area contributed by atoms with Crippen LogP contribution in [0.25, 0.3) is 0 Å². The molecule has 0 aliphatic carbocycles. The van der Waals surface area contributed by atoms with Crippen molar-refractivity contribution in [2.45, 2.75) is 6.04 Å². The SMILES string of the molecule is CN1CCN=C1C1CSCCN1. The summed E-state index contributed by atoms with van der Waals surface area (Å²) in [5.74, 6) is 3.69. The zero-order valence-corrected chi connectivity index (χ0v) is 8.23. The first-order valence-corrected chi connectivity index (χ1v) is 5.60. The van der Waals surface area contributed by atoms with Crippen molar-refractivity contribution in [3.63, 3.8) is 0 Å². The highest BCUT2D eigenvalue weighted by atomic mass is 32.2. The van der Waals surface area contributed by atoms with Crippen LogP contribution in [0.1, 0.15) is 0 Å². The van der Waals surface area contributed by atoms with Crippen LogP contribution in [0.5, 0.6) is 0 Å². The second-order valence-corrected chi connectivity index (χ2v) is 4.39. The van der Waals surface area contributed by atoms with Crippen molar-refractivity contribution in [2.24, 2.45) is 4.99 Å². The minimum Gasteiger partial charge on any atom is -0.360 e. The van der Waals surface area contributed by atoms with Crippen LogP contribution in [0.15, 0.2) is 4.99 Å². The highest BCUT2D eigenvalue weighted by Crippen LogP contribution is 2.12. The van der Waals surface area contributed by atoms with Gasteiger partial charge >= 0.3 is 0 Å². The summed E-state index contributed by atoms with van der Waals surface area (Å²) in [6, 6.07) is 0.510. The third kappa shape index (κ3) is 1.59. The third-order valence-corrected chi connectivity index (χ3v) is 3.40. The van der Waals surface area contributed by atoms with Gasteiger partial charge in [-0.25, -0.2) is 0 Å². The molecule has 1 N–H and O–H groups in total. The van der Waals surface area contributed by atoms with Gasteiger partial charge in [-0.1, -0.05) is 0 Å². The van der Waals surface area contributed by atoms with E-state index in [-0.39, 0.29) is 0 Å². The highest BCUT2D eigenvalue weighted by Gasteiger charge is 2.24. The zero-order chi connectivity index (χ0) is 8.39. The molecule has 2 rings (SSSR count). The van der Waals surface area contributed by atoms with Gasteiger partial charge in [0, 0.05) is 31.6 Å². The maximum absolute atomic E-state index is 4.51. The van der Waals surface area contributed by atoms with Crippen LogP contribution < -0.4 is 5.32 Å². The molecule has 2 aliphatic heterocycles. The molecule has 1 fully saturated rings. The lowest BCUT2D eigenvalue weighted by Gasteiger charge is -2.27. The number of hydrogen-bond acceptors (Lipinski definition) is 4. The lowest BCUT2D eigenvalue weighted by atomic mass is 10.3. The number of nitrogens with zero attached hydrogens (tertiary/aromatic N) is 2. The average molecular weight is 185 g/mol. The first-order valence-electron chi connectivity index (χ1n) is 4.44. The summed E-state index contributed by atoms with van der Waals surface area (Å²) in [5.41, 5.74) is 0. The molecule has 0 aromatic rings. The molecule has 0 spiro atoms. The summed E-state index contributed by atoms with van der Waals surface area (Å²) >= 11 is 2.02. The second kappa shape index (κ2) is 3.66. The van der Waals surface area contributed by atoms with Crippen molar-refractivity contribution in [3.05, 3.63) is 0 Å². The van der Waals surface area contributed by atoms with Crippen LogP contribution in [-0.4, -0.2) is 55.0 Å². The van der Waals surface area contributed by atoms with Gasteiger partial charge in [0.25, 0.3) is 0 Å². The van der Waals surface area contributed by atoms with Crippen molar-refractivity contribution in [1.29, 1.82) is 0 Å². The molecule has 2 heterocycles. The Hall–Kier alpha value is -0.220. The van der Waals surface area contributed by atoms with Crippen LogP contribution in [0.2, 0.25) is 0 Å². The monoisotopic (exact) mass is 185 g/mol. The summed E-state index contributed by atoms with van der Waals surface area (Å²) in [4.78, 5) is 6.77. The fraction of sp³-hybridized carbons (Fsp3) is 0.875. The van der Waals surface area contributed by atoms with Crippen molar-refractivity contribution < 1.29 is 0 Å². The number of likely N-dealkylation sites (N-methyl/N-ethyl adjacent to an activating group) is 1. The van der Waals surface area contributed by atoms with Gasteiger partial charge in [-0.05, 0) is 0 Å². The summed E-state index contributed by atoms with van der Waals surface area (Å²) in [7, 11) is 2.13. The van der Waals surface area contributed by atoms with E-state index in [1.54, 1.807) is 0 Å². The Morgan fingerprint density at radius 1 is 1.67 bits per heavy atom. The minimum absolute atomic E-state index is 0.510. The summed E-state index contributed by atoms with van der Waals surface area (Å²) in [6.07, 6.45) is 0. The van der Waals surface area contributed by atoms with E-state index < -0.39 is 0 Å². The molecule has 1 saturated heterocycles. The van der Waals surface area contributed by atoms with Crippen LogP contribution in [-0.2, 0) is 0 Å². The molecule has 4 heteroatoms. The molecule has 0 aromatic carbocycles. The van der Waals surface area contributed by atoms with Gasteiger partial charge in [0.05, 0.1) is 12.6 Å². The van der Waals surface area contributed by atoms with Crippen LogP contribution >= 0.6 is 11.8 Å². The summed E-state index contributed by atoms with van der Waals surface area (Å²) in [5, 5.41) is 3.50. The van der Waals surface area contributed by atoms with Gasteiger partial charge in [0.2, 0.25) is 0 Å². The molecule has 1 atom stereocenters. The van der Waals surface area contributed by atoms with E-state index in [9.17, 15) is 0 Å². The van der Waals surface area contributed by atoms with E-state index >= 15 is 0 Å². The Bertz CT molecular complexity index is 187. The lowest BCUT2D eigenvalue weighted by Crippen LogP contribution is -2.47. The summed E-state index contributed by atoms with van der Waals surface area (Å²) in [6.45, 7) is 3.20. The van der Waals surface area contributed by atoms with Gasteiger partial charge in [-0.3, -0.25) is 4.99 Å². The molecule has 1 unspecified atom stereocenters. The molecule has 68 valence electrons. The average Bonchev–Trinajstić information content (AvgIpc) is 2.53. The first-order chi connectivity index (χ1) is 5.88. The Labute approximate surface area is 77.6 Å². The zero-order valence-electron chi connectivity index (χ0n) is 7.42. The van der Waals surface area contributed by atoms with Crippen molar-refractivity contribution in [2.75, 3.05) is 38.2 Å².